The van der Waals surface area contributed by atoms with Crippen molar-refractivity contribution < 1.29 is 4.43 Å². The molecule has 0 bridgehead atoms. The maximum absolute atomic E-state index is 6.89. The topological polar surface area (TPSA) is 25.4 Å². The van der Waals surface area contributed by atoms with Crippen LogP contribution >= 0.6 is 0 Å². The lowest BCUT2D eigenvalue weighted by Gasteiger charge is -2.48. The molecule has 1 aliphatic heterocycles. The van der Waals surface area contributed by atoms with E-state index in [1.165, 1.54) is 35.3 Å². The van der Waals surface area contributed by atoms with Gasteiger partial charge in [0.1, 0.15) is 0 Å². The van der Waals surface area contributed by atoms with E-state index in [0.717, 1.165) is 13.1 Å². The predicted molar refractivity (Wildman–Crippen MR) is 118 cm³/mol. The molecule has 0 radical (unpaired) electrons. The van der Waals surface area contributed by atoms with Crippen LogP contribution in [0.2, 0.25) is 18.1 Å². The molecule has 3 nitrogen and oxygen atoms in total. The molecule has 4 atom stereocenters. The average Bonchev–Trinajstić information content (AvgIpc) is 2.90. The van der Waals surface area contributed by atoms with E-state index >= 15 is 0 Å². The van der Waals surface area contributed by atoms with Gasteiger partial charge in [-0.15, -0.1) is 0 Å². The van der Waals surface area contributed by atoms with Crippen molar-refractivity contribution in [1.82, 2.24) is 4.98 Å². The standard InChI is InChI=1S/C23H40N2OSi/c1-15-10-11-19-20(15)24-12-16(2)21(19)25-13-17(3)22(18(4)14-25)26-27(8,9)23(5,6)7/h12,15,17-18,22H,10-11,13-14H2,1-9H3/t15-,17+,18?,22?/m1/s1. The fourth-order valence-corrected chi connectivity index (χ4v) is 6.24. The summed E-state index contributed by atoms with van der Waals surface area (Å²) in [5.74, 6) is 1.70. The van der Waals surface area contributed by atoms with Crippen molar-refractivity contribution in [3.8, 4) is 0 Å². The van der Waals surface area contributed by atoms with Crippen LogP contribution in [-0.2, 0) is 10.8 Å². The summed E-state index contributed by atoms with van der Waals surface area (Å²) < 4.78 is 6.89. The molecule has 0 spiro atoms. The zero-order chi connectivity index (χ0) is 20.1. The summed E-state index contributed by atoms with van der Waals surface area (Å²) in [6, 6.07) is 0. The molecule has 0 amide bonds. The Morgan fingerprint density at radius 2 is 1.70 bits per heavy atom. The van der Waals surface area contributed by atoms with Gasteiger partial charge in [-0.25, -0.2) is 0 Å². The van der Waals surface area contributed by atoms with Gasteiger partial charge in [-0.3, -0.25) is 4.98 Å². The molecule has 152 valence electrons. The Balaban J connectivity index is 1.83. The van der Waals surface area contributed by atoms with E-state index in [4.69, 9.17) is 9.41 Å². The van der Waals surface area contributed by atoms with Crippen molar-refractivity contribution in [2.75, 3.05) is 18.0 Å². The summed E-state index contributed by atoms with van der Waals surface area (Å²) in [7, 11) is -1.74. The van der Waals surface area contributed by atoms with Crippen LogP contribution in [0.3, 0.4) is 0 Å². The lowest BCUT2D eigenvalue weighted by atomic mass is 9.87. The zero-order valence-electron chi connectivity index (χ0n) is 19.0. The molecule has 1 fully saturated rings. The second-order valence-electron chi connectivity index (χ2n) is 10.8. The van der Waals surface area contributed by atoms with E-state index in [1.807, 2.05) is 0 Å². The van der Waals surface area contributed by atoms with Crippen LogP contribution in [0.5, 0.6) is 0 Å². The molecule has 1 aromatic rings. The summed E-state index contributed by atoms with van der Waals surface area (Å²) >= 11 is 0. The Kier molecular flexibility index (Phi) is 5.55. The maximum Gasteiger partial charge on any atom is 0.192 e. The molecule has 27 heavy (non-hydrogen) atoms. The number of nitrogens with zero attached hydrogens (tertiary/aromatic N) is 2. The SMILES string of the molecule is Cc1cnc2c(c1N1CC(C)C(O[Si](C)(C)C(C)(C)C)[C@@H](C)C1)CC[C@H]2C. The monoisotopic (exact) mass is 388 g/mol. The summed E-state index contributed by atoms with van der Waals surface area (Å²) in [6.45, 7) is 23.3. The first kappa shape index (κ1) is 20.9. The molecular weight excluding hydrogens is 348 g/mol. The minimum atomic E-state index is -1.74. The van der Waals surface area contributed by atoms with Crippen molar-refractivity contribution in [2.45, 2.75) is 91.5 Å². The highest BCUT2D eigenvalue weighted by molar-refractivity contribution is 6.74. The Hall–Kier alpha value is -0.873. The smallest absolute Gasteiger partial charge is 0.192 e. The van der Waals surface area contributed by atoms with Gasteiger partial charge >= 0.3 is 0 Å². The van der Waals surface area contributed by atoms with Gasteiger partial charge in [0.25, 0.3) is 0 Å². The van der Waals surface area contributed by atoms with Crippen molar-refractivity contribution in [3.63, 3.8) is 0 Å². The van der Waals surface area contributed by atoms with E-state index in [9.17, 15) is 0 Å². The highest BCUT2D eigenvalue weighted by Crippen LogP contribution is 2.43. The molecule has 0 aromatic carbocycles. The van der Waals surface area contributed by atoms with Crippen molar-refractivity contribution in [2.24, 2.45) is 11.8 Å². The van der Waals surface area contributed by atoms with Crippen LogP contribution < -0.4 is 4.90 Å². The van der Waals surface area contributed by atoms with Gasteiger partial charge in [0, 0.05) is 30.7 Å². The van der Waals surface area contributed by atoms with Gasteiger partial charge in [0.2, 0.25) is 0 Å². The normalized spacial score (nSPS) is 29.1. The number of pyridine rings is 1. The summed E-state index contributed by atoms with van der Waals surface area (Å²) in [4.78, 5) is 7.43. The van der Waals surface area contributed by atoms with E-state index < -0.39 is 8.32 Å². The largest absolute Gasteiger partial charge is 0.413 e. The van der Waals surface area contributed by atoms with Gasteiger partial charge in [0.15, 0.2) is 8.32 Å². The van der Waals surface area contributed by atoms with Crippen molar-refractivity contribution in [1.29, 1.82) is 0 Å². The fraction of sp³-hybridized carbons (Fsp3) is 0.783. The summed E-state index contributed by atoms with van der Waals surface area (Å²) in [5, 5.41) is 0.266. The van der Waals surface area contributed by atoms with E-state index in [0.29, 0.717) is 23.9 Å². The molecule has 3 rings (SSSR count). The highest BCUT2D eigenvalue weighted by atomic mass is 28.4. The third-order valence-corrected chi connectivity index (χ3v) is 11.8. The van der Waals surface area contributed by atoms with Gasteiger partial charge < -0.3 is 9.33 Å². The minimum absolute atomic E-state index is 0.266. The second-order valence-corrected chi connectivity index (χ2v) is 15.6. The first-order valence-electron chi connectivity index (χ1n) is 10.8. The van der Waals surface area contributed by atoms with Crippen LogP contribution in [0.25, 0.3) is 0 Å². The average molecular weight is 389 g/mol. The Labute approximate surface area is 168 Å². The van der Waals surface area contributed by atoms with Crippen molar-refractivity contribution in [3.05, 3.63) is 23.0 Å². The predicted octanol–water partition coefficient (Wildman–Crippen LogP) is 5.92. The molecule has 2 unspecified atom stereocenters. The summed E-state index contributed by atoms with van der Waals surface area (Å²) in [5.41, 5.74) is 5.68. The fourth-order valence-electron chi connectivity index (χ4n) is 4.74. The Morgan fingerprint density at radius 1 is 1.11 bits per heavy atom. The number of anilines is 1. The molecule has 0 N–H and O–H groups in total. The van der Waals surface area contributed by atoms with Crippen LogP contribution in [0.15, 0.2) is 6.20 Å². The number of aromatic nitrogens is 1. The highest BCUT2D eigenvalue weighted by Gasteiger charge is 2.43. The first-order chi connectivity index (χ1) is 12.4. The van der Waals surface area contributed by atoms with Gasteiger partial charge in [-0.2, -0.15) is 0 Å². The van der Waals surface area contributed by atoms with Gasteiger partial charge in [-0.05, 0) is 66.8 Å². The number of aryl methyl sites for hydroxylation is 1. The molecule has 2 aliphatic rings. The Morgan fingerprint density at radius 3 is 2.26 bits per heavy atom. The van der Waals surface area contributed by atoms with Crippen molar-refractivity contribution >= 4 is 14.0 Å². The van der Waals surface area contributed by atoms with Crippen LogP contribution in [-0.4, -0.2) is 32.5 Å². The molecule has 2 heterocycles. The van der Waals surface area contributed by atoms with E-state index in [1.54, 1.807) is 0 Å². The number of piperidine rings is 1. The minimum Gasteiger partial charge on any atom is -0.413 e. The molecular formula is C23H40N2OSi. The Bertz CT molecular complexity index is 682. The molecule has 1 aliphatic carbocycles. The van der Waals surface area contributed by atoms with Crippen LogP contribution in [0.4, 0.5) is 5.69 Å². The third kappa shape index (κ3) is 3.84. The lowest BCUT2D eigenvalue weighted by molar-refractivity contribution is 0.0627. The summed E-state index contributed by atoms with van der Waals surface area (Å²) in [6.07, 6.45) is 4.90. The number of fused-ring (bicyclic) bond motifs is 1. The third-order valence-electron chi connectivity index (χ3n) is 7.35. The van der Waals surface area contributed by atoms with Gasteiger partial charge in [0.05, 0.1) is 6.10 Å². The molecule has 0 saturated carbocycles. The number of hydrogen-bond donors (Lipinski definition) is 0. The lowest BCUT2D eigenvalue weighted by Crippen LogP contribution is -2.54. The molecule has 4 heteroatoms. The van der Waals surface area contributed by atoms with Gasteiger partial charge in [-0.1, -0.05) is 41.5 Å². The van der Waals surface area contributed by atoms with Crippen LogP contribution in [0, 0.1) is 18.8 Å². The quantitative estimate of drug-likeness (QED) is 0.601. The molecule has 1 aromatic heterocycles. The van der Waals surface area contributed by atoms with E-state index in [-0.39, 0.29) is 5.04 Å². The molecule has 1 saturated heterocycles. The number of hydrogen-bond acceptors (Lipinski definition) is 3. The zero-order valence-corrected chi connectivity index (χ0v) is 20.0. The van der Waals surface area contributed by atoms with Crippen LogP contribution in [0.1, 0.15) is 70.7 Å². The second kappa shape index (κ2) is 7.18. The maximum atomic E-state index is 6.89. The van der Waals surface area contributed by atoms with E-state index in [2.05, 4.69) is 72.7 Å². The number of rotatable bonds is 3. The first-order valence-corrected chi connectivity index (χ1v) is 13.7.